The van der Waals surface area contributed by atoms with Crippen molar-refractivity contribution in [3.8, 4) is 22.9 Å². The predicted molar refractivity (Wildman–Crippen MR) is 60.2 cm³/mol. The van der Waals surface area contributed by atoms with Crippen molar-refractivity contribution >= 4 is 12.2 Å². The molecule has 0 aliphatic rings. The molecule has 0 saturated heterocycles. The molecule has 1 heterocycles. The van der Waals surface area contributed by atoms with E-state index in [9.17, 15) is 0 Å². The van der Waals surface area contributed by atoms with Crippen LogP contribution in [-0.2, 0) is 0 Å². The first-order chi connectivity index (χ1) is 7.74. The highest BCUT2D eigenvalue weighted by Crippen LogP contribution is 2.30. The Bertz CT molecular complexity index is 547. The maximum Gasteiger partial charge on any atom is 0.314 e. The number of H-pyrrole nitrogens is 1. The normalized spacial score (nSPS) is 10.1. The van der Waals surface area contributed by atoms with Gasteiger partial charge in [0, 0.05) is 5.56 Å². The molecule has 84 valence electrons. The second kappa shape index (κ2) is 4.36. The van der Waals surface area contributed by atoms with Gasteiger partial charge in [-0.05, 0) is 30.4 Å². The summed E-state index contributed by atoms with van der Waals surface area (Å²) in [6.07, 6.45) is 0. The lowest BCUT2D eigenvalue weighted by Crippen LogP contribution is -1.91. The summed E-state index contributed by atoms with van der Waals surface area (Å²) in [7, 11) is 3.16. The quantitative estimate of drug-likeness (QED) is 0.832. The number of methoxy groups -OCH3 is 2. The molecule has 1 N–H and O–H groups in total. The highest BCUT2D eigenvalue weighted by Gasteiger charge is 2.08. The summed E-state index contributed by atoms with van der Waals surface area (Å²) in [5, 5.41) is 2.62. The van der Waals surface area contributed by atoms with Crippen LogP contribution >= 0.6 is 12.2 Å². The zero-order valence-electron chi connectivity index (χ0n) is 8.81. The Morgan fingerprint density at radius 3 is 2.56 bits per heavy atom. The van der Waals surface area contributed by atoms with E-state index >= 15 is 0 Å². The van der Waals surface area contributed by atoms with E-state index in [4.69, 9.17) is 26.2 Å². The molecular weight excluding hydrogens is 228 g/mol. The summed E-state index contributed by atoms with van der Waals surface area (Å²) in [6.45, 7) is 0. The molecule has 0 radical (unpaired) electrons. The number of ether oxygens (including phenoxy) is 2. The number of nitrogens with zero attached hydrogens (tertiary/aromatic N) is 1. The topological polar surface area (TPSA) is 60.3 Å². The lowest BCUT2D eigenvalue weighted by molar-refractivity contribution is 0.355. The summed E-state index contributed by atoms with van der Waals surface area (Å²) >= 11 is 4.78. The van der Waals surface area contributed by atoms with Crippen molar-refractivity contribution in [3.05, 3.63) is 23.0 Å². The van der Waals surface area contributed by atoms with Gasteiger partial charge in [-0.15, -0.1) is 0 Å². The standard InChI is InChI=1S/C10H10N2O3S/c1-13-7-4-3-6(5-8(7)14-2)9-11-10(16)15-12-9/h3-5H,1-2H3,(H,11,12,16). The Hall–Kier alpha value is -1.82. The average Bonchev–Trinajstić information content (AvgIpc) is 2.75. The van der Waals surface area contributed by atoms with E-state index in [2.05, 4.69) is 10.1 Å². The molecule has 0 aliphatic heterocycles. The van der Waals surface area contributed by atoms with Crippen LogP contribution in [0, 0.1) is 4.84 Å². The van der Waals surface area contributed by atoms with Gasteiger partial charge in [0.2, 0.25) is 0 Å². The van der Waals surface area contributed by atoms with Crippen LogP contribution in [0.4, 0.5) is 0 Å². The highest BCUT2D eigenvalue weighted by molar-refractivity contribution is 7.71. The van der Waals surface area contributed by atoms with Crippen LogP contribution in [0.3, 0.4) is 0 Å². The number of rotatable bonds is 3. The molecule has 6 heteroatoms. The van der Waals surface area contributed by atoms with E-state index in [1.807, 2.05) is 6.07 Å². The van der Waals surface area contributed by atoms with E-state index in [-0.39, 0.29) is 4.84 Å². The molecule has 2 rings (SSSR count). The van der Waals surface area contributed by atoms with Crippen LogP contribution in [0.15, 0.2) is 22.7 Å². The zero-order valence-corrected chi connectivity index (χ0v) is 9.63. The maximum atomic E-state index is 5.18. The lowest BCUT2D eigenvalue weighted by Gasteiger charge is -2.07. The van der Waals surface area contributed by atoms with Crippen LogP contribution < -0.4 is 9.47 Å². The smallest absolute Gasteiger partial charge is 0.314 e. The van der Waals surface area contributed by atoms with E-state index in [0.717, 1.165) is 5.56 Å². The van der Waals surface area contributed by atoms with Gasteiger partial charge in [-0.2, -0.15) is 4.98 Å². The molecule has 0 bridgehead atoms. The van der Waals surface area contributed by atoms with E-state index in [1.165, 1.54) is 0 Å². The Balaban J connectivity index is 2.47. The first-order valence-electron chi connectivity index (χ1n) is 4.52. The van der Waals surface area contributed by atoms with E-state index in [1.54, 1.807) is 26.4 Å². The summed E-state index contributed by atoms with van der Waals surface area (Å²) in [5.74, 6) is 1.85. The molecule has 0 spiro atoms. The largest absolute Gasteiger partial charge is 0.493 e. The first kappa shape index (κ1) is 10.7. The molecule has 0 saturated carbocycles. The van der Waals surface area contributed by atoms with Gasteiger partial charge in [-0.1, -0.05) is 0 Å². The summed E-state index contributed by atoms with van der Waals surface area (Å²) < 4.78 is 15.2. The molecule has 0 fully saturated rings. The molecule has 5 nitrogen and oxygen atoms in total. The molecule has 0 amide bonds. The van der Waals surface area contributed by atoms with E-state index in [0.29, 0.717) is 17.3 Å². The van der Waals surface area contributed by atoms with Crippen molar-refractivity contribution < 1.29 is 14.0 Å². The summed E-state index contributed by atoms with van der Waals surface area (Å²) in [4.78, 5) is 4.18. The minimum atomic E-state index is 0.171. The van der Waals surface area contributed by atoms with Gasteiger partial charge in [0.1, 0.15) is 0 Å². The van der Waals surface area contributed by atoms with Gasteiger partial charge in [0.05, 0.1) is 14.2 Å². The molecule has 16 heavy (non-hydrogen) atoms. The average molecular weight is 238 g/mol. The molecule has 0 unspecified atom stereocenters. The van der Waals surface area contributed by atoms with Crippen LogP contribution in [-0.4, -0.2) is 24.4 Å². The first-order valence-corrected chi connectivity index (χ1v) is 4.93. The molecular formula is C10H10N2O3S. The zero-order chi connectivity index (χ0) is 11.5. The summed E-state index contributed by atoms with van der Waals surface area (Å²) in [5.41, 5.74) is 0.817. The minimum absolute atomic E-state index is 0.171. The van der Waals surface area contributed by atoms with Crippen LogP contribution in [0.5, 0.6) is 11.5 Å². The third-order valence-electron chi connectivity index (χ3n) is 2.10. The highest BCUT2D eigenvalue weighted by atomic mass is 32.1. The second-order valence-electron chi connectivity index (χ2n) is 3.00. The minimum Gasteiger partial charge on any atom is -0.493 e. The number of aromatic amines is 1. The van der Waals surface area contributed by atoms with Gasteiger partial charge in [-0.25, -0.2) is 5.16 Å². The van der Waals surface area contributed by atoms with Crippen molar-refractivity contribution in [1.82, 2.24) is 10.1 Å². The number of aromatic nitrogens is 2. The molecule has 1 aromatic carbocycles. The summed E-state index contributed by atoms with van der Waals surface area (Å²) in [6, 6.07) is 5.42. The Kier molecular flexibility index (Phi) is 2.91. The molecule has 1 aromatic heterocycles. The van der Waals surface area contributed by atoms with Gasteiger partial charge in [-0.3, -0.25) is 0 Å². The van der Waals surface area contributed by atoms with Gasteiger partial charge in [0.15, 0.2) is 17.3 Å². The van der Waals surface area contributed by atoms with Crippen LogP contribution in [0.2, 0.25) is 0 Å². The van der Waals surface area contributed by atoms with Crippen LogP contribution in [0.25, 0.3) is 11.4 Å². The van der Waals surface area contributed by atoms with Crippen LogP contribution in [0.1, 0.15) is 0 Å². The number of hydrogen-bond acceptors (Lipinski definition) is 5. The lowest BCUT2D eigenvalue weighted by atomic mass is 10.2. The Morgan fingerprint density at radius 1 is 1.25 bits per heavy atom. The Morgan fingerprint density at radius 2 is 2.00 bits per heavy atom. The fourth-order valence-electron chi connectivity index (χ4n) is 1.34. The van der Waals surface area contributed by atoms with E-state index < -0.39 is 0 Å². The fourth-order valence-corrected chi connectivity index (χ4v) is 1.47. The number of benzene rings is 1. The third-order valence-corrected chi connectivity index (χ3v) is 2.27. The Labute approximate surface area is 97.0 Å². The molecule has 0 aliphatic carbocycles. The second-order valence-corrected chi connectivity index (χ2v) is 3.35. The SMILES string of the molecule is COc1ccc(-c2nc(=S)o[nH]2)cc1OC. The van der Waals surface area contributed by atoms with Crippen molar-refractivity contribution in [3.63, 3.8) is 0 Å². The predicted octanol–water partition coefficient (Wildman–Crippen LogP) is 2.42. The fraction of sp³-hybridized carbons (Fsp3) is 0.200. The third kappa shape index (κ3) is 1.92. The molecule has 2 aromatic rings. The monoisotopic (exact) mass is 238 g/mol. The van der Waals surface area contributed by atoms with Crippen molar-refractivity contribution in [2.45, 2.75) is 0 Å². The van der Waals surface area contributed by atoms with Gasteiger partial charge >= 0.3 is 4.84 Å². The van der Waals surface area contributed by atoms with Crippen molar-refractivity contribution in [1.29, 1.82) is 0 Å². The van der Waals surface area contributed by atoms with Crippen molar-refractivity contribution in [2.75, 3.05) is 14.2 Å². The molecule has 0 atom stereocenters. The van der Waals surface area contributed by atoms with Gasteiger partial charge < -0.3 is 14.0 Å². The number of nitrogens with one attached hydrogen (secondary N) is 1. The van der Waals surface area contributed by atoms with Crippen molar-refractivity contribution in [2.24, 2.45) is 0 Å². The maximum absolute atomic E-state index is 5.18. The van der Waals surface area contributed by atoms with Gasteiger partial charge in [0.25, 0.3) is 0 Å². The number of hydrogen-bond donors (Lipinski definition) is 1.